The van der Waals surface area contributed by atoms with Gasteiger partial charge in [0.15, 0.2) is 5.78 Å². The lowest BCUT2D eigenvalue weighted by Crippen LogP contribution is -2.50. The van der Waals surface area contributed by atoms with E-state index in [1.165, 1.54) is 23.4 Å². The van der Waals surface area contributed by atoms with Crippen molar-refractivity contribution in [3.05, 3.63) is 47.3 Å². The minimum absolute atomic E-state index is 0.0798. The third kappa shape index (κ3) is 3.72. The number of rotatable bonds is 4. The van der Waals surface area contributed by atoms with E-state index in [9.17, 15) is 18.0 Å². The van der Waals surface area contributed by atoms with E-state index < -0.39 is 10.0 Å². The number of fused-ring (bicyclic) bond motifs is 1. The number of hydrogen-bond acceptors (Lipinski definition) is 5. The summed E-state index contributed by atoms with van der Waals surface area (Å²) in [5.41, 5.74) is 1.98. The Kier molecular flexibility index (Phi) is 5.26. The van der Waals surface area contributed by atoms with Gasteiger partial charge in [0.25, 0.3) is 5.91 Å². The van der Waals surface area contributed by atoms with Crippen molar-refractivity contribution in [3.8, 4) is 0 Å². The Morgan fingerprint density at radius 1 is 1.03 bits per heavy atom. The van der Waals surface area contributed by atoms with E-state index in [2.05, 4.69) is 5.10 Å². The highest BCUT2D eigenvalue weighted by Gasteiger charge is 2.32. The fourth-order valence-corrected chi connectivity index (χ4v) is 5.39. The summed E-state index contributed by atoms with van der Waals surface area (Å²) in [6.45, 7) is 3.35. The second-order valence-electron chi connectivity index (χ2n) is 7.47. The first-order valence-corrected chi connectivity index (χ1v) is 11.3. The number of nitrogens with zero attached hydrogens (tertiary/aromatic N) is 4. The smallest absolute Gasteiger partial charge is 0.257 e. The summed E-state index contributed by atoms with van der Waals surface area (Å²) in [5.74, 6) is -0.259. The molecule has 0 spiro atoms. The molecule has 1 fully saturated rings. The van der Waals surface area contributed by atoms with E-state index in [1.54, 1.807) is 23.2 Å². The average molecular weight is 417 g/mol. The second-order valence-corrected chi connectivity index (χ2v) is 9.40. The minimum atomic E-state index is -3.71. The van der Waals surface area contributed by atoms with E-state index in [0.717, 1.165) is 31.5 Å². The van der Waals surface area contributed by atoms with E-state index in [1.807, 2.05) is 4.68 Å². The van der Waals surface area contributed by atoms with Crippen LogP contribution in [0.25, 0.3) is 0 Å². The molecule has 154 valence electrons. The third-order valence-corrected chi connectivity index (χ3v) is 7.51. The summed E-state index contributed by atoms with van der Waals surface area (Å²) in [4.78, 5) is 26.3. The number of aromatic nitrogens is 2. The minimum Gasteiger partial charge on any atom is -0.336 e. The molecule has 1 aromatic carbocycles. The number of benzene rings is 1. The summed E-state index contributed by atoms with van der Waals surface area (Å²) in [6, 6.07) is 6.09. The van der Waals surface area contributed by atoms with Crippen molar-refractivity contribution < 1.29 is 18.0 Å². The van der Waals surface area contributed by atoms with Crippen LogP contribution in [0.2, 0.25) is 0 Å². The molecule has 0 atom stereocenters. The monoisotopic (exact) mass is 416 g/mol. The predicted molar refractivity (Wildman–Crippen MR) is 106 cm³/mol. The summed E-state index contributed by atoms with van der Waals surface area (Å²) in [6.07, 6.45) is 4.61. The molecule has 9 heteroatoms. The lowest BCUT2D eigenvalue weighted by molar-refractivity contribution is 0.0696. The van der Waals surface area contributed by atoms with Crippen molar-refractivity contribution in [2.75, 3.05) is 26.2 Å². The van der Waals surface area contributed by atoms with Crippen LogP contribution in [-0.2, 0) is 23.0 Å². The van der Waals surface area contributed by atoms with Gasteiger partial charge in [0.2, 0.25) is 10.0 Å². The van der Waals surface area contributed by atoms with Gasteiger partial charge in [-0.05, 0) is 38.3 Å². The average Bonchev–Trinajstić information content (AvgIpc) is 3.17. The van der Waals surface area contributed by atoms with Gasteiger partial charge in [-0.3, -0.25) is 14.3 Å². The fraction of sp³-hybridized carbons (Fsp3) is 0.450. The number of sulfonamides is 1. The summed E-state index contributed by atoms with van der Waals surface area (Å²) in [7, 11) is -3.71. The molecule has 3 heterocycles. The number of piperazine rings is 1. The van der Waals surface area contributed by atoms with Gasteiger partial charge in [-0.1, -0.05) is 12.1 Å². The summed E-state index contributed by atoms with van der Waals surface area (Å²) >= 11 is 0. The van der Waals surface area contributed by atoms with Gasteiger partial charge in [0, 0.05) is 38.3 Å². The molecule has 0 radical (unpaired) electrons. The van der Waals surface area contributed by atoms with E-state index in [0.29, 0.717) is 24.2 Å². The molecule has 8 nitrogen and oxygen atoms in total. The first kappa shape index (κ1) is 19.8. The maximum Gasteiger partial charge on any atom is 0.257 e. The fourth-order valence-electron chi connectivity index (χ4n) is 3.93. The zero-order valence-corrected chi connectivity index (χ0v) is 17.2. The number of carbonyl (C=O) groups is 2. The molecule has 4 rings (SSSR count). The van der Waals surface area contributed by atoms with Crippen molar-refractivity contribution in [2.45, 2.75) is 37.6 Å². The molecule has 2 aromatic rings. The molecule has 0 unspecified atom stereocenters. The van der Waals surface area contributed by atoms with Crippen LogP contribution in [0, 0.1) is 0 Å². The maximum atomic E-state index is 13.0. The topological polar surface area (TPSA) is 92.6 Å². The zero-order valence-electron chi connectivity index (χ0n) is 16.4. The molecule has 0 N–H and O–H groups in total. The summed E-state index contributed by atoms with van der Waals surface area (Å²) in [5, 5.41) is 4.32. The van der Waals surface area contributed by atoms with Crippen molar-refractivity contribution >= 4 is 21.7 Å². The zero-order chi connectivity index (χ0) is 20.6. The SMILES string of the molecule is CC(=O)c1cccc(S(=O)(=O)N2CCN(C(=O)c3cnn4c3CCCC4)CC2)c1. The Labute approximate surface area is 170 Å². The van der Waals surface area contributed by atoms with Crippen LogP contribution in [0.4, 0.5) is 0 Å². The highest BCUT2D eigenvalue weighted by Crippen LogP contribution is 2.22. The standard InChI is InChI=1S/C20H24N4O4S/c1-15(25)16-5-4-6-17(13-16)29(27,28)23-11-9-22(10-12-23)20(26)18-14-21-24-8-3-2-7-19(18)24/h4-6,13-14H,2-3,7-12H2,1H3. The first-order valence-electron chi connectivity index (χ1n) is 9.83. The van der Waals surface area contributed by atoms with Crippen LogP contribution in [0.5, 0.6) is 0 Å². The Bertz CT molecular complexity index is 1050. The van der Waals surface area contributed by atoms with Crippen LogP contribution in [-0.4, -0.2) is 65.3 Å². The predicted octanol–water partition coefficient (Wildman–Crippen LogP) is 1.57. The molecule has 1 aromatic heterocycles. The van der Waals surface area contributed by atoms with Crippen LogP contribution in [0.15, 0.2) is 35.4 Å². The number of amides is 1. The molecule has 2 aliphatic rings. The van der Waals surface area contributed by atoms with Crippen LogP contribution < -0.4 is 0 Å². The molecule has 0 aliphatic carbocycles. The Hall–Kier alpha value is -2.52. The molecule has 0 bridgehead atoms. The van der Waals surface area contributed by atoms with Gasteiger partial charge in [0.05, 0.1) is 22.3 Å². The van der Waals surface area contributed by atoms with Crippen LogP contribution in [0.1, 0.15) is 46.2 Å². The Balaban J connectivity index is 1.46. The Morgan fingerprint density at radius 3 is 2.52 bits per heavy atom. The lowest BCUT2D eigenvalue weighted by Gasteiger charge is -2.34. The lowest BCUT2D eigenvalue weighted by atomic mass is 10.1. The number of carbonyl (C=O) groups excluding carboxylic acids is 2. The van der Waals surface area contributed by atoms with E-state index in [4.69, 9.17) is 0 Å². The molecule has 2 aliphatic heterocycles. The number of ketones is 1. The highest BCUT2D eigenvalue weighted by atomic mass is 32.2. The van der Waals surface area contributed by atoms with Gasteiger partial charge in [-0.2, -0.15) is 9.40 Å². The molecule has 1 saturated heterocycles. The van der Waals surface area contributed by atoms with Gasteiger partial charge in [0.1, 0.15) is 0 Å². The van der Waals surface area contributed by atoms with Crippen molar-refractivity contribution in [3.63, 3.8) is 0 Å². The molecule has 1 amide bonds. The molecule has 0 saturated carbocycles. The first-order chi connectivity index (χ1) is 13.9. The summed E-state index contributed by atoms with van der Waals surface area (Å²) < 4.78 is 29.2. The normalized spacial score (nSPS) is 17.8. The van der Waals surface area contributed by atoms with Gasteiger partial charge in [-0.15, -0.1) is 0 Å². The Morgan fingerprint density at radius 2 is 1.79 bits per heavy atom. The number of hydrogen-bond donors (Lipinski definition) is 0. The molecular weight excluding hydrogens is 392 g/mol. The van der Waals surface area contributed by atoms with Crippen LogP contribution in [0.3, 0.4) is 0 Å². The number of Topliss-reactive ketones (excluding diaryl/α,β-unsaturated/α-hetero) is 1. The molecular formula is C20H24N4O4S. The van der Waals surface area contributed by atoms with Crippen molar-refractivity contribution in [1.29, 1.82) is 0 Å². The van der Waals surface area contributed by atoms with E-state index in [-0.39, 0.29) is 29.7 Å². The van der Waals surface area contributed by atoms with Gasteiger partial charge in [-0.25, -0.2) is 8.42 Å². The largest absolute Gasteiger partial charge is 0.336 e. The maximum absolute atomic E-state index is 13.0. The van der Waals surface area contributed by atoms with Crippen molar-refractivity contribution in [2.24, 2.45) is 0 Å². The third-order valence-electron chi connectivity index (χ3n) is 5.62. The highest BCUT2D eigenvalue weighted by molar-refractivity contribution is 7.89. The number of aryl methyl sites for hydroxylation is 1. The van der Waals surface area contributed by atoms with Crippen LogP contribution >= 0.6 is 0 Å². The van der Waals surface area contributed by atoms with Gasteiger partial charge < -0.3 is 4.90 Å². The quantitative estimate of drug-likeness (QED) is 0.706. The van der Waals surface area contributed by atoms with Crippen molar-refractivity contribution in [1.82, 2.24) is 19.0 Å². The van der Waals surface area contributed by atoms with Gasteiger partial charge >= 0.3 is 0 Å². The second kappa shape index (κ2) is 7.72. The van der Waals surface area contributed by atoms with E-state index >= 15 is 0 Å². The molecule has 29 heavy (non-hydrogen) atoms.